The fourth-order valence-electron chi connectivity index (χ4n) is 4.30. The third kappa shape index (κ3) is 5.72. The highest BCUT2D eigenvalue weighted by atomic mass is 35.5. The van der Waals surface area contributed by atoms with E-state index in [1.54, 1.807) is 31.6 Å². The van der Waals surface area contributed by atoms with E-state index in [1.807, 2.05) is 22.8 Å². The number of imidazole rings is 1. The monoisotopic (exact) mass is 468 g/mol. The molecule has 2 N–H and O–H groups in total. The Morgan fingerprint density at radius 1 is 1.15 bits per heavy atom. The predicted octanol–water partition coefficient (Wildman–Crippen LogP) is 4.78. The molecule has 0 bridgehead atoms. The Morgan fingerprint density at radius 3 is 2.64 bits per heavy atom. The molecule has 174 valence electrons. The average molecular weight is 469 g/mol. The minimum atomic E-state index is -0.233. The van der Waals surface area contributed by atoms with Gasteiger partial charge in [-0.25, -0.2) is 4.98 Å². The zero-order valence-corrected chi connectivity index (χ0v) is 19.5. The molecule has 0 spiro atoms. The van der Waals surface area contributed by atoms with Gasteiger partial charge < -0.3 is 19.9 Å². The number of carbonyl (C=O) groups excluding carboxylic acids is 2. The number of hydrogen-bond acceptors (Lipinski definition) is 4. The van der Waals surface area contributed by atoms with Crippen LogP contribution in [0.4, 0.5) is 5.69 Å². The first-order valence-electron chi connectivity index (χ1n) is 11.4. The third-order valence-corrected chi connectivity index (χ3v) is 6.36. The molecule has 0 unspecified atom stereocenters. The maximum Gasteiger partial charge on any atom is 0.253 e. The number of nitrogens with one attached hydrogen (secondary N) is 2. The van der Waals surface area contributed by atoms with Crippen LogP contribution in [0.2, 0.25) is 5.02 Å². The molecule has 0 aliphatic heterocycles. The summed E-state index contributed by atoms with van der Waals surface area (Å²) in [4.78, 5) is 30.5. The lowest BCUT2D eigenvalue weighted by atomic mass is 9.88. The topological polar surface area (TPSA) is 85.2 Å². The van der Waals surface area contributed by atoms with Crippen LogP contribution in [0.1, 0.15) is 48.0 Å². The van der Waals surface area contributed by atoms with Crippen molar-refractivity contribution in [3.63, 3.8) is 0 Å². The van der Waals surface area contributed by atoms with Gasteiger partial charge in [0.25, 0.3) is 5.91 Å². The summed E-state index contributed by atoms with van der Waals surface area (Å²) >= 11 is 5.96. The van der Waals surface area contributed by atoms with Gasteiger partial charge in [0.1, 0.15) is 0 Å². The van der Waals surface area contributed by atoms with Gasteiger partial charge in [-0.3, -0.25) is 9.59 Å². The van der Waals surface area contributed by atoms with Crippen LogP contribution in [-0.2, 0) is 22.6 Å². The van der Waals surface area contributed by atoms with Gasteiger partial charge in [0.15, 0.2) is 0 Å². The second kappa shape index (κ2) is 10.8. The van der Waals surface area contributed by atoms with Gasteiger partial charge >= 0.3 is 0 Å². The van der Waals surface area contributed by atoms with Crippen LogP contribution in [-0.4, -0.2) is 35.1 Å². The summed E-state index contributed by atoms with van der Waals surface area (Å²) in [7, 11) is 1.64. The standard InChI is InChI=1S/C25H29ClN4O3/c1-33-12-11-30-16-28-22-14-20(29-24(31)18-5-3-2-4-6-18)13-21(23(22)30)25(32)27-15-17-7-9-19(26)10-8-17/h7-10,13-14,16,18H,2-6,11-12,15H2,1H3,(H,27,32)(H,29,31). The van der Waals surface area contributed by atoms with Crippen molar-refractivity contribution in [2.75, 3.05) is 19.0 Å². The molecule has 1 aromatic heterocycles. The quantitative estimate of drug-likeness (QED) is 0.498. The van der Waals surface area contributed by atoms with Gasteiger partial charge in [-0.1, -0.05) is 43.0 Å². The Bertz CT molecular complexity index is 1120. The maximum atomic E-state index is 13.2. The van der Waals surface area contributed by atoms with E-state index in [1.165, 1.54) is 6.42 Å². The highest BCUT2D eigenvalue weighted by Gasteiger charge is 2.23. The van der Waals surface area contributed by atoms with Crippen LogP contribution in [0, 0.1) is 5.92 Å². The number of hydrogen-bond donors (Lipinski definition) is 2. The van der Waals surface area contributed by atoms with Crippen molar-refractivity contribution < 1.29 is 14.3 Å². The first-order valence-corrected chi connectivity index (χ1v) is 11.7. The van der Waals surface area contributed by atoms with E-state index in [4.69, 9.17) is 16.3 Å². The fourth-order valence-corrected chi connectivity index (χ4v) is 4.43. The van der Waals surface area contributed by atoms with Gasteiger partial charge in [-0.05, 0) is 42.7 Å². The smallest absolute Gasteiger partial charge is 0.253 e. The number of amides is 2. The molecular formula is C25H29ClN4O3. The van der Waals surface area contributed by atoms with Crippen LogP contribution in [0.15, 0.2) is 42.7 Å². The Hall–Kier alpha value is -2.90. The van der Waals surface area contributed by atoms with E-state index >= 15 is 0 Å². The third-order valence-electron chi connectivity index (χ3n) is 6.10. The normalized spacial score (nSPS) is 14.4. The van der Waals surface area contributed by atoms with Gasteiger partial charge in [-0.15, -0.1) is 0 Å². The fraction of sp³-hybridized carbons (Fsp3) is 0.400. The number of aromatic nitrogens is 2. The Morgan fingerprint density at radius 2 is 1.91 bits per heavy atom. The zero-order valence-electron chi connectivity index (χ0n) is 18.8. The van der Waals surface area contributed by atoms with Crippen molar-refractivity contribution >= 4 is 40.1 Å². The SMILES string of the molecule is COCCn1cnc2cc(NC(=O)C3CCCCC3)cc(C(=O)NCc3ccc(Cl)cc3)c21. The first-order chi connectivity index (χ1) is 16.0. The molecule has 0 saturated heterocycles. The number of carbonyl (C=O) groups is 2. The van der Waals surface area contributed by atoms with Crippen LogP contribution in [0.25, 0.3) is 11.0 Å². The first kappa shape index (κ1) is 23.3. The van der Waals surface area contributed by atoms with Crippen molar-refractivity contribution in [2.45, 2.75) is 45.2 Å². The Kier molecular flexibility index (Phi) is 7.62. The van der Waals surface area contributed by atoms with Gasteiger partial charge in [0.2, 0.25) is 5.91 Å². The summed E-state index contributed by atoms with van der Waals surface area (Å²) < 4.78 is 7.11. The number of rotatable bonds is 8. The Balaban J connectivity index is 1.60. The summed E-state index contributed by atoms with van der Waals surface area (Å²) in [6.45, 7) is 1.43. The molecule has 2 amide bonds. The van der Waals surface area contributed by atoms with E-state index in [2.05, 4.69) is 15.6 Å². The van der Waals surface area contributed by atoms with Crippen molar-refractivity contribution in [2.24, 2.45) is 5.92 Å². The van der Waals surface area contributed by atoms with Gasteiger partial charge in [-0.2, -0.15) is 0 Å². The molecule has 1 fully saturated rings. The summed E-state index contributed by atoms with van der Waals surface area (Å²) in [5, 5.41) is 6.65. The summed E-state index contributed by atoms with van der Waals surface area (Å²) in [6, 6.07) is 10.9. The molecule has 2 aromatic carbocycles. The van der Waals surface area contributed by atoms with Crippen molar-refractivity contribution in [1.82, 2.24) is 14.9 Å². The molecule has 1 aliphatic carbocycles. The number of nitrogens with zero attached hydrogens (tertiary/aromatic N) is 2. The molecule has 7 nitrogen and oxygen atoms in total. The lowest BCUT2D eigenvalue weighted by molar-refractivity contribution is -0.120. The van der Waals surface area contributed by atoms with Crippen LogP contribution < -0.4 is 10.6 Å². The summed E-state index contributed by atoms with van der Waals surface area (Å²) in [5.74, 6) is -0.195. The number of fused-ring (bicyclic) bond motifs is 1. The van der Waals surface area contributed by atoms with Crippen molar-refractivity contribution in [3.05, 3.63) is 58.9 Å². The Labute approximate surface area is 198 Å². The second-order valence-corrected chi connectivity index (χ2v) is 8.89. The number of benzene rings is 2. The number of halogens is 1. The lowest BCUT2D eigenvalue weighted by Crippen LogP contribution is -2.26. The lowest BCUT2D eigenvalue weighted by Gasteiger charge is -2.21. The van der Waals surface area contributed by atoms with Gasteiger partial charge in [0, 0.05) is 36.8 Å². The predicted molar refractivity (Wildman–Crippen MR) is 129 cm³/mol. The molecule has 1 saturated carbocycles. The molecule has 1 heterocycles. The molecule has 1 aliphatic rings. The number of ether oxygens (including phenoxy) is 1. The van der Waals surface area contributed by atoms with E-state index in [0.717, 1.165) is 36.8 Å². The summed E-state index contributed by atoms with van der Waals surface area (Å²) in [6.07, 6.45) is 6.88. The van der Waals surface area contributed by atoms with E-state index < -0.39 is 0 Å². The molecule has 0 radical (unpaired) electrons. The maximum absolute atomic E-state index is 13.2. The van der Waals surface area contributed by atoms with Crippen molar-refractivity contribution in [1.29, 1.82) is 0 Å². The highest BCUT2D eigenvalue weighted by Crippen LogP contribution is 2.27. The minimum absolute atomic E-state index is 0.0142. The largest absolute Gasteiger partial charge is 0.383 e. The van der Waals surface area contributed by atoms with E-state index in [0.29, 0.717) is 41.5 Å². The second-order valence-electron chi connectivity index (χ2n) is 8.46. The molecule has 33 heavy (non-hydrogen) atoms. The minimum Gasteiger partial charge on any atom is -0.383 e. The summed E-state index contributed by atoms with van der Waals surface area (Å²) in [5.41, 5.74) is 3.37. The van der Waals surface area contributed by atoms with Crippen molar-refractivity contribution in [3.8, 4) is 0 Å². The molecule has 4 rings (SSSR count). The average Bonchev–Trinajstić information content (AvgIpc) is 3.25. The van der Waals surface area contributed by atoms with Crippen LogP contribution in [0.3, 0.4) is 0 Å². The van der Waals surface area contributed by atoms with Crippen LogP contribution in [0.5, 0.6) is 0 Å². The van der Waals surface area contributed by atoms with Crippen LogP contribution >= 0.6 is 11.6 Å². The van der Waals surface area contributed by atoms with Gasteiger partial charge in [0.05, 0.1) is 29.5 Å². The molecule has 3 aromatic rings. The molecular weight excluding hydrogens is 440 g/mol. The molecule has 8 heteroatoms. The van der Waals surface area contributed by atoms with E-state index in [-0.39, 0.29) is 17.7 Å². The highest BCUT2D eigenvalue weighted by molar-refractivity contribution is 6.30. The number of methoxy groups -OCH3 is 1. The van der Waals surface area contributed by atoms with E-state index in [9.17, 15) is 9.59 Å². The number of anilines is 1. The zero-order chi connectivity index (χ0) is 23.2. The molecule has 0 atom stereocenters.